The molecule has 1 atom stereocenters. The maximum Gasteiger partial charge on any atom is 0.0439 e. The molecule has 0 spiro atoms. The fraction of sp³-hybridized carbons (Fsp3) is 0.294. The molecule has 0 bridgehead atoms. The Bertz CT molecular complexity index is 628. The summed E-state index contributed by atoms with van der Waals surface area (Å²) in [5.41, 5.74) is 3.53. The predicted molar refractivity (Wildman–Crippen MR) is 95.5 cm³/mol. The van der Waals surface area contributed by atoms with E-state index < -0.39 is 0 Å². The van der Waals surface area contributed by atoms with Crippen molar-refractivity contribution in [2.24, 2.45) is 0 Å². The molecular weight excluding hydrogens is 369 g/mol. The SMILES string of the molecule is CCNC(Cc1cc(Cl)ccc1Cl)c1ccc(C)c(Br)c1. The highest BCUT2D eigenvalue weighted by Crippen LogP contribution is 2.28. The standard InChI is InChI=1S/C17H18BrCl2N/c1-3-21-17(12-5-4-11(2)15(18)9-12)10-13-8-14(19)6-7-16(13)20/h4-9,17,21H,3,10H2,1-2H3. The van der Waals surface area contributed by atoms with Crippen LogP contribution in [-0.2, 0) is 6.42 Å². The molecule has 0 amide bonds. The topological polar surface area (TPSA) is 12.0 Å². The quantitative estimate of drug-likeness (QED) is 0.668. The molecule has 2 aromatic rings. The summed E-state index contributed by atoms with van der Waals surface area (Å²) < 4.78 is 1.13. The van der Waals surface area contributed by atoms with Crippen LogP contribution in [0.5, 0.6) is 0 Å². The third-order valence-corrected chi connectivity index (χ3v) is 4.94. The number of aryl methyl sites for hydroxylation is 1. The van der Waals surface area contributed by atoms with Gasteiger partial charge in [0.2, 0.25) is 0 Å². The Morgan fingerprint density at radius 3 is 2.57 bits per heavy atom. The van der Waals surface area contributed by atoms with Gasteiger partial charge in [-0.25, -0.2) is 0 Å². The number of likely N-dealkylation sites (N-methyl/N-ethyl adjacent to an activating group) is 1. The van der Waals surface area contributed by atoms with Crippen molar-refractivity contribution >= 4 is 39.1 Å². The molecular formula is C17H18BrCl2N. The number of benzene rings is 2. The van der Waals surface area contributed by atoms with E-state index in [0.717, 1.165) is 33.0 Å². The summed E-state index contributed by atoms with van der Waals surface area (Å²) in [5.74, 6) is 0. The monoisotopic (exact) mass is 385 g/mol. The lowest BCUT2D eigenvalue weighted by atomic mass is 9.98. The molecule has 0 heterocycles. The lowest BCUT2D eigenvalue weighted by molar-refractivity contribution is 0.549. The van der Waals surface area contributed by atoms with Gasteiger partial charge >= 0.3 is 0 Å². The minimum atomic E-state index is 0.211. The van der Waals surface area contributed by atoms with E-state index >= 15 is 0 Å². The maximum atomic E-state index is 6.29. The zero-order valence-electron chi connectivity index (χ0n) is 12.1. The lowest BCUT2D eigenvalue weighted by Gasteiger charge is -2.20. The van der Waals surface area contributed by atoms with Crippen LogP contribution >= 0.6 is 39.1 Å². The molecule has 0 aliphatic heterocycles. The van der Waals surface area contributed by atoms with Gasteiger partial charge in [-0.2, -0.15) is 0 Å². The Kier molecular flexibility index (Phi) is 6.12. The van der Waals surface area contributed by atoms with E-state index in [-0.39, 0.29) is 6.04 Å². The van der Waals surface area contributed by atoms with Crippen LogP contribution in [-0.4, -0.2) is 6.54 Å². The molecule has 1 nitrogen and oxygen atoms in total. The number of halogens is 3. The van der Waals surface area contributed by atoms with Gasteiger partial charge in [-0.15, -0.1) is 0 Å². The van der Waals surface area contributed by atoms with Crippen LogP contribution in [0.3, 0.4) is 0 Å². The van der Waals surface area contributed by atoms with Gasteiger partial charge in [-0.1, -0.05) is 58.2 Å². The molecule has 0 fully saturated rings. The highest BCUT2D eigenvalue weighted by Gasteiger charge is 2.14. The summed E-state index contributed by atoms with van der Waals surface area (Å²) in [6, 6.07) is 12.3. The minimum Gasteiger partial charge on any atom is -0.310 e. The molecule has 4 heteroatoms. The van der Waals surface area contributed by atoms with Crippen LogP contribution in [0.4, 0.5) is 0 Å². The third-order valence-electron chi connectivity index (χ3n) is 3.48. The van der Waals surface area contributed by atoms with E-state index in [9.17, 15) is 0 Å². The van der Waals surface area contributed by atoms with E-state index in [2.05, 4.69) is 53.3 Å². The Balaban J connectivity index is 2.30. The molecule has 2 rings (SSSR count). The Morgan fingerprint density at radius 1 is 1.14 bits per heavy atom. The first-order valence-electron chi connectivity index (χ1n) is 6.94. The molecule has 1 unspecified atom stereocenters. The first kappa shape index (κ1) is 16.8. The van der Waals surface area contributed by atoms with Crippen LogP contribution in [0.25, 0.3) is 0 Å². The van der Waals surface area contributed by atoms with Crippen molar-refractivity contribution < 1.29 is 0 Å². The summed E-state index contributed by atoms with van der Waals surface area (Å²) in [5, 5.41) is 4.99. The molecule has 0 aromatic heterocycles. The highest BCUT2D eigenvalue weighted by atomic mass is 79.9. The number of hydrogen-bond acceptors (Lipinski definition) is 1. The van der Waals surface area contributed by atoms with Gasteiger partial charge in [0.25, 0.3) is 0 Å². The van der Waals surface area contributed by atoms with Crippen LogP contribution in [0.1, 0.15) is 29.7 Å². The summed E-state index contributed by atoms with van der Waals surface area (Å²) in [6.45, 7) is 5.09. The summed E-state index contributed by atoms with van der Waals surface area (Å²) >= 11 is 16.0. The molecule has 0 aliphatic carbocycles. The minimum absolute atomic E-state index is 0.211. The summed E-state index contributed by atoms with van der Waals surface area (Å²) in [4.78, 5) is 0. The second-order valence-electron chi connectivity index (χ2n) is 5.06. The summed E-state index contributed by atoms with van der Waals surface area (Å²) in [7, 11) is 0. The van der Waals surface area contributed by atoms with Crippen LogP contribution in [0, 0.1) is 6.92 Å². The average molecular weight is 387 g/mol. The summed E-state index contributed by atoms with van der Waals surface area (Å²) in [6.07, 6.45) is 0.808. The van der Waals surface area contributed by atoms with Crippen molar-refractivity contribution in [3.63, 3.8) is 0 Å². The Labute approximate surface area is 144 Å². The van der Waals surface area contributed by atoms with E-state index in [1.165, 1.54) is 11.1 Å². The normalized spacial score (nSPS) is 12.4. The predicted octanol–water partition coefficient (Wildman–Crippen LogP) is 5.96. The first-order chi connectivity index (χ1) is 10.0. The molecule has 0 aliphatic rings. The molecule has 112 valence electrons. The van der Waals surface area contributed by atoms with Gasteiger partial charge in [0, 0.05) is 20.6 Å². The smallest absolute Gasteiger partial charge is 0.0439 e. The third kappa shape index (κ3) is 4.46. The fourth-order valence-corrected chi connectivity index (χ4v) is 3.09. The Morgan fingerprint density at radius 2 is 1.90 bits per heavy atom. The Hall–Kier alpha value is -0.540. The lowest BCUT2D eigenvalue weighted by Crippen LogP contribution is -2.23. The molecule has 2 aromatic carbocycles. The zero-order valence-corrected chi connectivity index (χ0v) is 15.2. The molecule has 1 N–H and O–H groups in total. The van der Waals surface area contributed by atoms with Gasteiger partial charge in [-0.3, -0.25) is 0 Å². The van der Waals surface area contributed by atoms with Crippen molar-refractivity contribution in [2.75, 3.05) is 6.54 Å². The number of nitrogens with one attached hydrogen (secondary N) is 1. The van der Waals surface area contributed by atoms with Crippen molar-refractivity contribution in [3.05, 3.63) is 67.6 Å². The van der Waals surface area contributed by atoms with Crippen molar-refractivity contribution in [3.8, 4) is 0 Å². The largest absolute Gasteiger partial charge is 0.310 e. The van der Waals surface area contributed by atoms with Crippen molar-refractivity contribution in [2.45, 2.75) is 26.3 Å². The van der Waals surface area contributed by atoms with Crippen LogP contribution in [0.15, 0.2) is 40.9 Å². The molecule has 0 saturated heterocycles. The van der Waals surface area contributed by atoms with Gasteiger partial charge in [0.15, 0.2) is 0 Å². The van der Waals surface area contributed by atoms with E-state index in [1.54, 1.807) is 0 Å². The molecule has 0 saturated carbocycles. The van der Waals surface area contributed by atoms with E-state index in [4.69, 9.17) is 23.2 Å². The molecule has 0 radical (unpaired) electrons. The zero-order chi connectivity index (χ0) is 15.4. The number of rotatable bonds is 5. The van der Waals surface area contributed by atoms with Crippen LogP contribution in [0.2, 0.25) is 10.0 Å². The van der Waals surface area contributed by atoms with E-state index in [1.807, 2.05) is 18.2 Å². The second kappa shape index (κ2) is 7.64. The second-order valence-corrected chi connectivity index (χ2v) is 6.76. The maximum absolute atomic E-state index is 6.29. The van der Waals surface area contributed by atoms with Crippen molar-refractivity contribution in [1.29, 1.82) is 0 Å². The highest BCUT2D eigenvalue weighted by molar-refractivity contribution is 9.10. The van der Waals surface area contributed by atoms with Gasteiger partial charge in [0.05, 0.1) is 0 Å². The van der Waals surface area contributed by atoms with Gasteiger partial charge in [-0.05, 0) is 60.8 Å². The fourth-order valence-electron chi connectivity index (χ4n) is 2.30. The first-order valence-corrected chi connectivity index (χ1v) is 8.49. The van der Waals surface area contributed by atoms with Gasteiger partial charge in [0.1, 0.15) is 0 Å². The van der Waals surface area contributed by atoms with Gasteiger partial charge < -0.3 is 5.32 Å². The van der Waals surface area contributed by atoms with Crippen LogP contribution < -0.4 is 5.32 Å². The molecule has 21 heavy (non-hydrogen) atoms. The number of hydrogen-bond donors (Lipinski definition) is 1. The average Bonchev–Trinajstić information content (AvgIpc) is 2.45. The van der Waals surface area contributed by atoms with E-state index in [0.29, 0.717) is 0 Å². The van der Waals surface area contributed by atoms with Crippen molar-refractivity contribution in [1.82, 2.24) is 5.32 Å².